The van der Waals surface area contributed by atoms with Crippen molar-refractivity contribution in [2.75, 3.05) is 0 Å². The van der Waals surface area contributed by atoms with E-state index in [1.54, 1.807) is 18.4 Å². The molecule has 0 spiro atoms. The molecule has 0 aliphatic rings. The maximum Gasteiger partial charge on any atom is 0.244 e. The van der Waals surface area contributed by atoms with E-state index < -0.39 is 10.0 Å². The van der Waals surface area contributed by atoms with Crippen LogP contribution in [-0.2, 0) is 30.2 Å². The van der Waals surface area contributed by atoms with E-state index in [0.29, 0.717) is 10.7 Å². The molecule has 138 valence electrons. The van der Waals surface area contributed by atoms with Crippen LogP contribution in [0.25, 0.3) is 0 Å². The number of aromatic nitrogens is 1. The van der Waals surface area contributed by atoms with Crippen molar-refractivity contribution in [2.24, 2.45) is 7.05 Å². The Hall–Kier alpha value is -2.31. The number of rotatable bonds is 6. The quantitative estimate of drug-likeness (QED) is 0.659. The number of hydrogen-bond donors (Lipinski definition) is 0. The van der Waals surface area contributed by atoms with Crippen molar-refractivity contribution >= 4 is 10.0 Å². The Balaban J connectivity index is 2.06. The number of nitrogens with zero attached hydrogens (tertiary/aromatic N) is 2. The zero-order valence-corrected chi connectivity index (χ0v) is 16.4. The molecule has 0 N–H and O–H groups in total. The van der Waals surface area contributed by atoms with Gasteiger partial charge in [0.05, 0.1) is 24.2 Å². The number of hydrogen-bond acceptors (Lipinski definition) is 3. The second-order valence-electron chi connectivity index (χ2n) is 6.69. The number of furan rings is 1. The summed E-state index contributed by atoms with van der Waals surface area (Å²) in [7, 11) is -1.78. The Labute approximate surface area is 154 Å². The van der Waals surface area contributed by atoms with E-state index in [1.165, 1.54) is 4.31 Å². The average molecular weight is 372 g/mol. The molecule has 2 aromatic heterocycles. The van der Waals surface area contributed by atoms with Crippen molar-refractivity contribution in [3.63, 3.8) is 0 Å². The molecule has 0 amide bonds. The minimum Gasteiger partial charge on any atom is -0.468 e. The van der Waals surface area contributed by atoms with Crippen molar-refractivity contribution in [3.05, 3.63) is 77.0 Å². The van der Waals surface area contributed by atoms with Crippen LogP contribution in [0.4, 0.5) is 0 Å². The molecule has 0 bridgehead atoms. The molecule has 0 radical (unpaired) electrons. The van der Waals surface area contributed by atoms with Crippen LogP contribution in [0.5, 0.6) is 0 Å². The van der Waals surface area contributed by atoms with Gasteiger partial charge in [0.25, 0.3) is 0 Å². The smallest absolute Gasteiger partial charge is 0.244 e. The third kappa shape index (κ3) is 3.61. The van der Waals surface area contributed by atoms with Gasteiger partial charge in [-0.2, -0.15) is 4.31 Å². The molecular weight excluding hydrogens is 348 g/mol. The van der Waals surface area contributed by atoms with E-state index in [9.17, 15) is 8.42 Å². The molecule has 0 saturated carbocycles. The van der Waals surface area contributed by atoms with Crippen molar-refractivity contribution in [3.8, 4) is 0 Å². The Morgan fingerprint density at radius 3 is 2.27 bits per heavy atom. The zero-order valence-electron chi connectivity index (χ0n) is 15.6. The van der Waals surface area contributed by atoms with Crippen LogP contribution in [-0.4, -0.2) is 17.3 Å². The first kappa shape index (κ1) is 18.5. The monoisotopic (exact) mass is 372 g/mol. The Morgan fingerprint density at radius 1 is 1.04 bits per heavy atom. The normalized spacial score (nSPS) is 12.0. The van der Waals surface area contributed by atoms with Crippen LogP contribution >= 0.6 is 0 Å². The predicted octanol–water partition coefficient (Wildman–Crippen LogP) is 3.93. The fourth-order valence-electron chi connectivity index (χ4n) is 3.35. The van der Waals surface area contributed by atoms with Gasteiger partial charge in [0.15, 0.2) is 0 Å². The van der Waals surface area contributed by atoms with Gasteiger partial charge in [0.2, 0.25) is 10.0 Å². The van der Waals surface area contributed by atoms with E-state index in [2.05, 4.69) is 0 Å². The number of benzene rings is 1. The molecule has 3 aromatic rings. The summed E-state index contributed by atoms with van der Waals surface area (Å²) in [5, 5.41) is 0. The Bertz CT molecular complexity index is 979. The third-order valence-electron chi connectivity index (χ3n) is 4.50. The molecule has 0 unspecified atom stereocenters. The van der Waals surface area contributed by atoms with E-state index >= 15 is 0 Å². The lowest BCUT2D eigenvalue weighted by Crippen LogP contribution is -2.32. The first-order valence-corrected chi connectivity index (χ1v) is 9.93. The summed E-state index contributed by atoms with van der Waals surface area (Å²) in [6.45, 7) is 6.13. The molecule has 6 heteroatoms. The number of sulfonamides is 1. The molecule has 0 aliphatic heterocycles. The summed E-state index contributed by atoms with van der Waals surface area (Å²) < 4.78 is 35.9. The maximum absolute atomic E-state index is 13.5. The first-order valence-electron chi connectivity index (χ1n) is 8.49. The van der Waals surface area contributed by atoms with Gasteiger partial charge in [0.1, 0.15) is 5.76 Å². The van der Waals surface area contributed by atoms with Crippen molar-refractivity contribution < 1.29 is 12.8 Å². The lowest BCUT2D eigenvalue weighted by atomic mass is 10.1. The van der Waals surface area contributed by atoms with Crippen LogP contribution in [0.3, 0.4) is 0 Å². The number of aryl methyl sites for hydroxylation is 4. The van der Waals surface area contributed by atoms with Gasteiger partial charge < -0.3 is 8.98 Å². The van der Waals surface area contributed by atoms with Gasteiger partial charge >= 0.3 is 0 Å². The molecule has 0 fully saturated rings. The molecule has 5 nitrogen and oxygen atoms in total. The lowest BCUT2D eigenvalue weighted by molar-refractivity contribution is 0.352. The van der Waals surface area contributed by atoms with Crippen molar-refractivity contribution in [1.29, 1.82) is 0 Å². The van der Waals surface area contributed by atoms with E-state index in [-0.39, 0.29) is 13.1 Å². The minimum absolute atomic E-state index is 0.188. The minimum atomic E-state index is -3.69. The van der Waals surface area contributed by atoms with Crippen LogP contribution < -0.4 is 0 Å². The third-order valence-corrected chi connectivity index (χ3v) is 6.60. The van der Waals surface area contributed by atoms with E-state index in [4.69, 9.17) is 4.42 Å². The van der Waals surface area contributed by atoms with Crippen LogP contribution in [0.2, 0.25) is 0 Å². The molecule has 1 aromatic carbocycles. The Morgan fingerprint density at radius 2 is 1.73 bits per heavy atom. The summed E-state index contributed by atoms with van der Waals surface area (Å²) in [5.74, 6) is 0.616. The standard InChI is InChI=1S/C20H24N2O3S/c1-15-11-16(2)20(17(3)12-15)26(23,24)22(14-19-8-6-10-25-19)13-18-7-5-9-21(18)4/h5-12H,13-14H2,1-4H3. The summed E-state index contributed by atoms with van der Waals surface area (Å²) >= 11 is 0. The van der Waals surface area contributed by atoms with Crippen molar-refractivity contribution in [1.82, 2.24) is 8.87 Å². The van der Waals surface area contributed by atoms with E-state index in [1.807, 2.05) is 62.8 Å². The zero-order chi connectivity index (χ0) is 18.9. The lowest BCUT2D eigenvalue weighted by Gasteiger charge is -2.24. The second kappa shape index (κ2) is 7.13. The van der Waals surface area contributed by atoms with Crippen LogP contribution in [0, 0.1) is 20.8 Å². The fraction of sp³-hybridized carbons (Fsp3) is 0.300. The molecule has 26 heavy (non-hydrogen) atoms. The van der Waals surface area contributed by atoms with E-state index in [0.717, 1.165) is 22.4 Å². The van der Waals surface area contributed by atoms with Gasteiger partial charge in [-0.25, -0.2) is 8.42 Å². The highest BCUT2D eigenvalue weighted by Crippen LogP contribution is 2.27. The summed E-state index contributed by atoms with van der Waals surface area (Å²) in [6.07, 6.45) is 3.47. The molecular formula is C20H24N2O3S. The predicted molar refractivity (Wildman–Crippen MR) is 101 cm³/mol. The Kier molecular flexibility index (Phi) is 5.07. The van der Waals surface area contributed by atoms with Crippen molar-refractivity contribution in [2.45, 2.75) is 38.8 Å². The topological polar surface area (TPSA) is 55.5 Å². The maximum atomic E-state index is 13.5. The molecule has 0 aliphatic carbocycles. The molecule has 3 rings (SSSR count). The molecule has 0 atom stereocenters. The van der Waals surface area contributed by atoms with Gasteiger partial charge in [0, 0.05) is 18.9 Å². The first-order chi connectivity index (χ1) is 12.3. The van der Waals surface area contributed by atoms with Gasteiger partial charge in [-0.05, 0) is 56.2 Å². The summed E-state index contributed by atoms with van der Waals surface area (Å²) in [6, 6.07) is 11.2. The van der Waals surface area contributed by atoms with Gasteiger partial charge in [-0.15, -0.1) is 0 Å². The van der Waals surface area contributed by atoms with Crippen LogP contribution in [0.1, 0.15) is 28.1 Å². The molecule has 0 saturated heterocycles. The second-order valence-corrected chi connectivity index (χ2v) is 8.57. The van der Waals surface area contributed by atoms with Gasteiger partial charge in [-0.1, -0.05) is 17.7 Å². The highest BCUT2D eigenvalue weighted by molar-refractivity contribution is 7.89. The highest BCUT2D eigenvalue weighted by Gasteiger charge is 2.29. The van der Waals surface area contributed by atoms with Gasteiger partial charge in [-0.3, -0.25) is 0 Å². The molecule has 2 heterocycles. The largest absolute Gasteiger partial charge is 0.468 e. The SMILES string of the molecule is Cc1cc(C)c(S(=O)(=O)N(Cc2ccco2)Cc2cccn2C)c(C)c1. The highest BCUT2D eigenvalue weighted by atomic mass is 32.2. The fourth-order valence-corrected chi connectivity index (χ4v) is 5.14. The summed E-state index contributed by atoms with van der Waals surface area (Å²) in [4.78, 5) is 0.379. The van der Waals surface area contributed by atoms with Crippen LogP contribution in [0.15, 0.2) is 58.2 Å². The summed E-state index contributed by atoms with van der Waals surface area (Å²) in [5.41, 5.74) is 3.50. The average Bonchev–Trinajstić information content (AvgIpc) is 3.17.